The van der Waals surface area contributed by atoms with Crippen molar-refractivity contribution in [2.75, 3.05) is 19.7 Å². The van der Waals surface area contributed by atoms with Crippen molar-refractivity contribution >= 4 is 29.1 Å². The summed E-state index contributed by atoms with van der Waals surface area (Å²) in [5.74, 6) is 0.385. The molecule has 3 nitrogen and oxygen atoms in total. The summed E-state index contributed by atoms with van der Waals surface area (Å²) in [5, 5.41) is 10.1. The van der Waals surface area contributed by atoms with E-state index in [1.807, 2.05) is 11.0 Å². The summed E-state index contributed by atoms with van der Waals surface area (Å²) >= 11 is 11.8. The fourth-order valence-corrected chi connectivity index (χ4v) is 2.63. The molecule has 5 heteroatoms. The molecular formula is C14H17Cl2NO2. The summed E-state index contributed by atoms with van der Waals surface area (Å²) in [7, 11) is 0. The highest BCUT2D eigenvalue weighted by atomic mass is 35.5. The second-order valence-corrected chi connectivity index (χ2v) is 5.74. The topological polar surface area (TPSA) is 40.5 Å². The molecule has 2 rings (SSSR count). The van der Waals surface area contributed by atoms with E-state index < -0.39 is 0 Å². The molecule has 1 aliphatic heterocycles. The van der Waals surface area contributed by atoms with Gasteiger partial charge in [-0.3, -0.25) is 4.79 Å². The van der Waals surface area contributed by atoms with E-state index in [0.717, 1.165) is 18.5 Å². The van der Waals surface area contributed by atoms with Gasteiger partial charge in [-0.2, -0.15) is 0 Å². The number of nitrogens with zero attached hydrogens (tertiary/aromatic N) is 1. The van der Waals surface area contributed by atoms with Gasteiger partial charge in [-0.15, -0.1) is 0 Å². The van der Waals surface area contributed by atoms with Crippen molar-refractivity contribution in [1.29, 1.82) is 0 Å². The Morgan fingerprint density at radius 1 is 1.37 bits per heavy atom. The van der Waals surface area contributed by atoms with Crippen LogP contribution in [0, 0.1) is 5.92 Å². The predicted molar refractivity (Wildman–Crippen MR) is 76.6 cm³/mol. The van der Waals surface area contributed by atoms with Gasteiger partial charge in [0.25, 0.3) is 0 Å². The second-order valence-electron chi connectivity index (χ2n) is 4.93. The van der Waals surface area contributed by atoms with E-state index >= 15 is 0 Å². The van der Waals surface area contributed by atoms with Crippen molar-refractivity contribution in [2.45, 2.75) is 19.3 Å². The third-order valence-corrected chi connectivity index (χ3v) is 4.25. The third kappa shape index (κ3) is 3.85. The summed E-state index contributed by atoms with van der Waals surface area (Å²) in [6.45, 7) is 1.60. The normalized spacial score (nSPS) is 18.9. The number of halogens is 2. The number of carbonyl (C=O) groups excluding carboxylic acids is 1. The number of likely N-dealkylation sites (tertiary alicyclic amines) is 1. The molecule has 0 spiro atoms. The zero-order valence-electron chi connectivity index (χ0n) is 10.6. The molecule has 1 heterocycles. The molecule has 0 bridgehead atoms. The highest BCUT2D eigenvalue weighted by Crippen LogP contribution is 2.23. The number of hydrogen-bond acceptors (Lipinski definition) is 2. The maximum Gasteiger partial charge on any atom is 0.222 e. The minimum atomic E-state index is 0.141. The van der Waals surface area contributed by atoms with Crippen molar-refractivity contribution < 1.29 is 9.90 Å². The van der Waals surface area contributed by atoms with Crippen LogP contribution in [0.5, 0.6) is 0 Å². The standard InChI is InChI=1S/C14H17Cl2NO2/c15-12-3-1-10(7-13(12)16)2-4-14(19)17-6-5-11(8-17)9-18/h1,3,7,11,18H,2,4-6,8-9H2. The molecule has 0 aliphatic carbocycles. The van der Waals surface area contributed by atoms with Crippen molar-refractivity contribution in [2.24, 2.45) is 5.92 Å². The number of amides is 1. The molecule has 1 amide bonds. The zero-order valence-corrected chi connectivity index (χ0v) is 12.1. The first-order valence-electron chi connectivity index (χ1n) is 6.42. The Morgan fingerprint density at radius 3 is 2.79 bits per heavy atom. The lowest BCUT2D eigenvalue weighted by molar-refractivity contribution is -0.130. The van der Waals surface area contributed by atoms with Gasteiger partial charge in [0.2, 0.25) is 5.91 Å². The maximum atomic E-state index is 12.0. The molecule has 19 heavy (non-hydrogen) atoms. The first-order chi connectivity index (χ1) is 9.10. The fourth-order valence-electron chi connectivity index (χ4n) is 2.31. The SMILES string of the molecule is O=C(CCc1ccc(Cl)c(Cl)c1)N1CCC(CO)C1. The van der Waals surface area contributed by atoms with E-state index in [0.29, 0.717) is 29.4 Å². The lowest BCUT2D eigenvalue weighted by Gasteiger charge is -2.16. The van der Waals surface area contributed by atoms with Gasteiger partial charge in [-0.1, -0.05) is 29.3 Å². The molecule has 0 radical (unpaired) electrons. The highest BCUT2D eigenvalue weighted by Gasteiger charge is 2.25. The highest BCUT2D eigenvalue weighted by molar-refractivity contribution is 6.42. The van der Waals surface area contributed by atoms with Gasteiger partial charge in [0, 0.05) is 32.0 Å². The van der Waals surface area contributed by atoms with Gasteiger partial charge >= 0.3 is 0 Å². The minimum absolute atomic E-state index is 0.141. The van der Waals surface area contributed by atoms with Crippen LogP contribution in [0.4, 0.5) is 0 Å². The van der Waals surface area contributed by atoms with Crippen LogP contribution in [-0.2, 0) is 11.2 Å². The lowest BCUT2D eigenvalue weighted by Crippen LogP contribution is -2.29. The first-order valence-corrected chi connectivity index (χ1v) is 7.18. The number of aliphatic hydroxyl groups excluding tert-OH is 1. The molecular weight excluding hydrogens is 285 g/mol. The van der Waals surface area contributed by atoms with Crippen molar-refractivity contribution in [3.05, 3.63) is 33.8 Å². The van der Waals surface area contributed by atoms with Crippen LogP contribution in [-0.4, -0.2) is 35.6 Å². The van der Waals surface area contributed by atoms with Gasteiger partial charge in [-0.25, -0.2) is 0 Å². The molecule has 1 unspecified atom stereocenters. The third-order valence-electron chi connectivity index (χ3n) is 3.51. The predicted octanol–water partition coefficient (Wildman–Crippen LogP) is 2.77. The molecule has 1 aromatic rings. The number of aryl methyl sites for hydroxylation is 1. The van der Waals surface area contributed by atoms with Gasteiger partial charge in [0.15, 0.2) is 0 Å². The summed E-state index contributed by atoms with van der Waals surface area (Å²) < 4.78 is 0. The van der Waals surface area contributed by atoms with Crippen molar-refractivity contribution in [3.63, 3.8) is 0 Å². The average Bonchev–Trinajstić information content (AvgIpc) is 2.88. The number of benzene rings is 1. The van der Waals surface area contributed by atoms with E-state index in [4.69, 9.17) is 28.3 Å². The Balaban J connectivity index is 1.85. The minimum Gasteiger partial charge on any atom is -0.396 e. The summed E-state index contributed by atoms with van der Waals surface area (Å²) in [6.07, 6.45) is 2.03. The monoisotopic (exact) mass is 301 g/mol. The molecule has 1 aromatic carbocycles. The summed E-state index contributed by atoms with van der Waals surface area (Å²) in [5.41, 5.74) is 1.01. The molecule has 1 fully saturated rings. The Hall–Kier alpha value is -0.770. The van der Waals surface area contributed by atoms with Gasteiger partial charge in [0.1, 0.15) is 0 Å². The van der Waals surface area contributed by atoms with E-state index in [9.17, 15) is 4.79 Å². The van der Waals surface area contributed by atoms with E-state index in [1.54, 1.807) is 12.1 Å². The van der Waals surface area contributed by atoms with Crippen LogP contribution in [0.3, 0.4) is 0 Å². The number of rotatable bonds is 4. The molecule has 1 aliphatic rings. The smallest absolute Gasteiger partial charge is 0.222 e. The Labute approximate surface area is 123 Å². The number of aliphatic hydroxyl groups is 1. The second kappa shape index (κ2) is 6.60. The molecule has 104 valence electrons. The van der Waals surface area contributed by atoms with Crippen LogP contribution in [0.1, 0.15) is 18.4 Å². The maximum absolute atomic E-state index is 12.0. The first kappa shape index (κ1) is 14.6. The van der Waals surface area contributed by atoms with Crippen LogP contribution >= 0.6 is 23.2 Å². The van der Waals surface area contributed by atoms with Crippen LogP contribution in [0.25, 0.3) is 0 Å². The molecule has 0 aromatic heterocycles. The molecule has 1 saturated heterocycles. The zero-order chi connectivity index (χ0) is 13.8. The van der Waals surface area contributed by atoms with E-state index in [-0.39, 0.29) is 18.4 Å². The number of carbonyl (C=O) groups is 1. The lowest BCUT2D eigenvalue weighted by atomic mass is 10.1. The van der Waals surface area contributed by atoms with Gasteiger partial charge < -0.3 is 10.0 Å². The molecule has 1 N–H and O–H groups in total. The van der Waals surface area contributed by atoms with Crippen LogP contribution in [0.15, 0.2) is 18.2 Å². The Morgan fingerprint density at radius 2 is 2.16 bits per heavy atom. The fraction of sp³-hybridized carbons (Fsp3) is 0.500. The molecule has 1 atom stereocenters. The average molecular weight is 302 g/mol. The van der Waals surface area contributed by atoms with Crippen molar-refractivity contribution in [1.82, 2.24) is 4.90 Å². The van der Waals surface area contributed by atoms with Crippen molar-refractivity contribution in [3.8, 4) is 0 Å². The van der Waals surface area contributed by atoms with Crippen LogP contribution in [0.2, 0.25) is 10.0 Å². The van der Waals surface area contributed by atoms with Gasteiger partial charge in [-0.05, 0) is 30.5 Å². The number of hydrogen-bond donors (Lipinski definition) is 1. The van der Waals surface area contributed by atoms with Crippen LogP contribution < -0.4 is 0 Å². The van der Waals surface area contributed by atoms with E-state index in [1.165, 1.54) is 0 Å². The quantitative estimate of drug-likeness (QED) is 0.929. The molecule has 0 saturated carbocycles. The Bertz CT molecular complexity index is 465. The van der Waals surface area contributed by atoms with E-state index in [2.05, 4.69) is 0 Å². The van der Waals surface area contributed by atoms with Gasteiger partial charge in [0.05, 0.1) is 10.0 Å². The summed E-state index contributed by atoms with van der Waals surface area (Å²) in [4.78, 5) is 13.8. The summed E-state index contributed by atoms with van der Waals surface area (Å²) in [6, 6.07) is 5.45. The largest absolute Gasteiger partial charge is 0.396 e. The Kier molecular flexibility index (Phi) is 5.08.